The monoisotopic (exact) mass is 723 g/mol. The van der Waals surface area contributed by atoms with E-state index in [1.807, 2.05) is 0 Å². The Hall–Kier alpha value is -6.52. The summed E-state index contributed by atoms with van der Waals surface area (Å²) in [6.07, 6.45) is 0. The van der Waals surface area contributed by atoms with Gasteiger partial charge in [-0.3, -0.25) is 15.0 Å². The smallest absolute Gasteiger partial charge is 0.577 e. The summed E-state index contributed by atoms with van der Waals surface area (Å²) >= 11 is -3.23. The van der Waals surface area contributed by atoms with Crippen molar-refractivity contribution in [3.05, 3.63) is 215 Å². The third-order valence-corrected chi connectivity index (χ3v) is 12.7. The lowest BCUT2D eigenvalue weighted by Crippen LogP contribution is -2.39. The van der Waals surface area contributed by atoms with E-state index in [1.54, 1.807) is 0 Å². The van der Waals surface area contributed by atoms with E-state index >= 15 is 0 Å². The Bertz CT molecular complexity index is 2660. The molecule has 0 radical (unpaired) electrons. The van der Waals surface area contributed by atoms with Gasteiger partial charge in [-0.2, -0.15) is 0 Å². The van der Waals surface area contributed by atoms with E-state index in [0.717, 1.165) is 100 Å². The maximum absolute atomic E-state index is 7.44. The van der Waals surface area contributed by atoms with E-state index in [-0.39, 0.29) is 17.8 Å². The van der Waals surface area contributed by atoms with Gasteiger partial charge in [0.05, 0.1) is 69.2 Å². The van der Waals surface area contributed by atoms with Crippen LogP contribution in [0.1, 0.15) is 68.6 Å². The molecule has 7 heterocycles. The highest BCUT2D eigenvalue weighted by Crippen LogP contribution is 2.48. The number of pyridine rings is 3. The lowest BCUT2D eigenvalue weighted by Gasteiger charge is -2.32. The minimum atomic E-state index is -3.23. The van der Waals surface area contributed by atoms with E-state index in [2.05, 4.69) is 164 Å². The molecule has 6 nitrogen and oxygen atoms in total. The lowest BCUT2D eigenvalue weighted by atomic mass is 9.84. The standard InChI is InChI=1S/C48H33N3O3.Al/c52-46-31-13-4-1-10-28(31)22-25-34(46)43-37-16-7-18-39(49-37)44(35-26-23-29-11-2-5-14-32(29)47(35)53)41-20-9-21-42(51-41)45(40-19-8-17-38(43)50-40)36-27-24-30-12-3-6-15-33(30)48(36)54;/h1-27,43-45,52-54H;/q;+3/p-3. The normalized spacial score (nSPS) is 17.7. The van der Waals surface area contributed by atoms with Gasteiger partial charge in [0.15, 0.2) is 0 Å². The second-order valence-electron chi connectivity index (χ2n) is 14.5. The van der Waals surface area contributed by atoms with Crippen LogP contribution in [0.4, 0.5) is 0 Å². The molecule has 0 N–H and O–H groups in total. The molecule has 9 aromatic rings. The fourth-order valence-electron chi connectivity index (χ4n) is 9.00. The SMILES string of the molecule is c1cc2nc(c1)C1c3cccc(n3)C3c4cccc(n4)C2c2ccc4ccccc4c2[O][Al]([O]c2c1ccc1ccccc21)[O]c1c3ccc2ccccc12. The van der Waals surface area contributed by atoms with Crippen LogP contribution in [0.2, 0.25) is 0 Å². The van der Waals surface area contributed by atoms with Crippen LogP contribution in [0.3, 0.4) is 0 Å². The minimum Gasteiger partial charge on any atom is -0.577 e. The number of benzene rings is 6. The van der Waals surface area contributed by atoms with Gasteiger partial charge in [0.25, 0.3) is 0 Å². The van der Waals surface area contributed by atoms with E-state index < -0.39 is 15.1 Å². The lowest BCUT2D eigenvalue weighted by molar-refractivity contribution is 0.306. The third kappa shape index (κ3) is 4.77. The molecule has 6 aromatic carbocycles. The molecule has 0 unspecified atom stereocenters. The Kier molecular flexibility index (Phi) is 6.74. The summed E-state index contributed by atoms with van der Waals surface area (Å²) in [5.74, 6) is 1.09. The second kappa shape index (κ2) is 12.0. The molecule has 4 aliphatic heterocycles. The minimum absolute atomic E-state index is 0.354. The third-order valence-electron chi connectivity index (χ3n) is 11.5. The van der Waals surface area contributed by atoms with Gasteiger partial charge < -0.3 is 11.4 Å². The number of aromatic nitrogens is 3. The van der Waals surface area contributed by atoms with Gasteiger partial charge in [0, 0.05) is 32.8 Å². The fraction of sp³-hybridized carbons (Fsp3) is 0.0625. The predicted molar refractivity (Wildman–Crippen MR) is 215 cm³/mol. The first-order valence-electron chi connectivity index (χ1n) is 18.7. The van der Waals surface area contributed by atoms with Crippen molar-refractivity contribution >= 4 is 47.5 Å². The van der Waals surface area contributed by atoms with Crippen LogP contribution >= 0.6 is 0 Å². The van der Waals surface area contributed by atoms with Crippen molar-refractivity contribution < 1.29 is 11.4 Å². The van der Waals surface area contributed by atoms with E-state index in [9.17, 15) is 0 Å². The quantitative estimate of drug-likeness (QED) is 0.145. The zero-order valence-corrected chi connectivity index (χ0v) is 30.6. The highest BCUT2D eigenvalue weighted by Gasteiger charge is 2.49. The average Bonchev–Trinajstić information content (AvgIpc) is 3.23. The molecule has 7 heteroatoms. The Labute approximate surface area is 322 Å². The van der Waals surface area contributed by atoms with Crippen molar-refractivity contribution in [1.29, 1.82) is 0 Å². The summed E-state index contributed by atoms with van der Waals surface area (Å²) in [4.78, 5) is 16.7. The number of hydrogen-bond donors (Lipinski definition) is 0. The molecule has 55 heavy (non-hydrogen) atoms. The Morgan fingerprint density at radius 1 is 0.309 bits per heavy atom. The highest BCUT2D eigenvalue weighted by atomic mass is 27.3. The number of fused-ring (bicyclic) bond motifs is 3. The van der Waals surface area contributed by atoms with E-state index in [0.29, 0.717) is 0 Å². The molecule has 0 saturated heterocycles. The van der Waals surface area contributed by atoms with Crippen molar-refractivity contribution in [1.82, 2.24) is 15.0 Å². The van der Waals surface area contributed by atoms with Crippen LogP contribution < -0.4 is 11.4 Å². The molecular weight excluding hydrogens is 694 g/mol. The molecule has 0 aliphatic carbocycles. The molecule has 4 aliphatic rings. The second-order valence-corrected chi connectivity index (χ2v) is 15.8. The molecule has 3 aromatic heterocycles. The number of nitrogens with zero attached hydrogens (tertiary/aromatic N) is 3. The Morgan fingerprint density at radius 3 is 0.909 bits per heavy atom. The summed E-state index contributed by atoms with van der Waals surface area (Å²) in [6.45, 7) is 0. The first-order valence-corrected chi connectivity index (χ1v) is 20.1. The average molecular weight is 724 g/mol. The molecule has 0 saturated carbocycles. The fourth-order valence-corrected chi connectivity index (χ4v) is 10.5. The van der Waals surface area contributed by atoms with Gasteiger partial charge in [-0.15, -0.1) is 0 Å². The van der Waals surface area contributed by atoms with Crippen LogP contribution in [0.25, 0.3) is 32.3 Å². The molecule has 10 bridgehead atoms. The van der Waals surface area contributed by atoms with Crippen molar-refractivity contribution in [2.24, 2.45) is 0 Å². The van der Waals surface area contributed by atoms with Crippen molar-refractivity contribution in [3.63, 3.8) is 0 Å². The van der Waals surface area contributed by atoms with E-state index in [4.69, 9.17) is 26.3 Å². The summed E-state index contributed by atoms with van der Waals surface area (Å²) in [7, 11) is 0. The van der Waals surface area contributed by atoms with Gasteiger partial charge in [0.2, 0.25) is 0 Å². The molecule has 0 amide bonds. The largest absolute Gasteiger partial charge is 1.20 e. The highest BCUT2D eigenvalue weighted by molar-refractivity contribution is 6.40. The summed E-state index contributed by atoms with van der Waals surface area (Å²) in [5.41, 5.74) is 8.16. The van der Waals surface area contributed by atoms with Crippen molar-refractivity contribution in [3.8, 4) is 17.2 Å². The van der Waals surface area contributed by atoms with Gasteiger partial charge in [-0.05, 0) is 52.6 Å². The zero-order chi connectivity index (χ0) is 36.0. The summed E-state index contributed by atoms with van der Waals surface area (Å²) in [5, 5.41) is 6.11. The number of hydrogen-bond acceptors (Lipinski definition) is 6. The topological polar surface area (TPSA) is 66.4 Å². The molecule has 0 atom stereocenters. The predicted octanol–water partition coefficient (Wildman–Crippen LogP) is 10.3. The van der Waals surface area contributed by atoms with Gasteiger partial charge in [-0.1, -0.05) is 127 Å². The van der Waals surface area contributed by atoms with Gasteiger partial charge in [-0.25, -0.2) is 0 Å². The van der Waals surface area contributed by atoms with E-state index in [1.165, 1.54) is 0 Å². The molecular formula is C48H30AlN3O3. The summed E-state index contributed by atoms with van der Waals surface area (Å²) < 4.78 is 22.3. The zero-order valence-electron chi connectivity index (χ0n) is 29.5. The maximum atomic E-state index is 7.44. The van der Waals surface area contributed by atoms with Crippen LogP contribution in [0, 0.1) is 0 Å². The molecule has 0 spiro atoms. The van der Waals surface area contributed by atoms with Crippen LogP contribution in [0.15, 0.2) is 164 Å². The maximum Gasteiger partial charge on any atom is 1.20 e. The number of rotatable bonds is 0. The molecule has 0 fully saturated rings. The van der Waals surface area contributed by atoms with Crippen molar-refractivity contribution in [2.75, 3.05) is 0 Å². The summed E-state index contributed by atoms with van der Waals surface area (Å²) in [6, 6.07) is 57.2. The molecule has 258 valence electrons. The van der Waals surface area contributed by atoms with Crippen LogP contribution in [-0.2, 0) is 0 Å². The Balaban J connectivity index is 1.31. The first-order chi connectivity index (χ1) is 27.2. The van der Waals surface area contributed by atoms with Gasteiger partial charge >= 0.3 is 15.1 Å². The van der Waals surface area contributed by atoms with Crippen LogP contribution in [0.5, 0.6) is 17.2 Å². The van der Waals surface area contributed by atoms with Crippen LogP contribution in [-0.4, -0.2) is 30.1 Å². The Morgan fingerprint density at radius 2 is 0.600 bits per heavy atom. The van der Waals surface area contributed by atoms with Gasteiger partial charge in [0.1, 0.15) is 0 Å². The van der Waals surface area contributed by atoms with Crippen molar-refractivity contribution in [2.45, 2.75) is 17.8 Å². The molecule has 13 rings (SSSR count). The first kappa shape index (κ1) is 30.9.